The fraction of sp³-hybridized carbons (Fsp3) is 0.600. The van der Waals surface area contributed by atoms with Crippen LogP contribution in [0.1, 0.15) is 47.5 Å². The van der Waals surface area contributed by atoms with Crippen LogP contribution >= 0.6 is 8.38 Å². The van der Waals surface area contributed by atoms with E-state index in [0.717, 1.165) is 12.8 Å². The molecule has 0 bridgehead atoms. The lowest BCUT2D eigenvalue weighted by Gasteiger charge is -2.10. The average Bonchev–Trinajstić information content (AvgIpc) is 2.29. The minimum Gasteiger partial charge on any atom is -0.331 e. The van der Waals surface area contributed by atoms with Gasteiger partial charge in [-0.1, -0.05) is 29.4 Å². The topological polar surface area (TPSA) is 18.5 Å². The van der Waals surface area contributed by atoms with Crippen molar-refractivity contribution < 1.29 is 9.05 Å². The summed E-state index contributed by atoms with van der Waals surface area (Å²) in [5.41, 5.74) is 2.77. The fourth-order valence-corrected chi connectivity index (χ4v) is 2.31. The first kappa shape index (κ1) is 20.9. The highest BCUT2D eigenvalue weighted by atomic mass is 31.2. The molecule has 0 rings (SSSR count). The molecule has 107 valence electrons. The number of hydrogen-bond acceptors (Lipinski definition) is 2. The smallest absolute Gasteiger partial charge is 0.197 e. The Morgan fingerprint density at radius 1 is 1.05 bits per heavy atom. The van der Waals surface area contributed by atoms with Gasteiger partial charge in [-0.05, 0) is 53.3 Å². The van der Waals surface area contributed by atoms with Gasteiger partial charge in [0.05, 0.1) is 13.2 Å². The molecule has 0 atom stereocenters. The van der Waals surface area contributed by atoms with Gasteiger partial charge in [-0.3, -0.25) is 0 Å². The summed E-state index contributed by atoms with van der Waals surface area (Å²) in [6.07, 6.45) is 8.69. The first-order chi connectivity index (χ1) is 8.60. The molecule has 0 aromatic rings. The molecule has 2 nitrogen and oxygen atoms in total. The highest BCUT2D eigenvalue weighted by molar-refractivity contribution is 7.50. The van der Waals surface area contributed by atoms with E-state index in [1.54, 1.807) is 0 Å². The van der Waals surface area contributed by atoms with Crippen LogP contribution < -0.4 is 0 Å². The second kappa shape index (κ2) is 14.1. The van der Waals surface area contributed by atoms with Gasteiger partial charge in [-0.2, -0.15) is 0 Å². The zero-order chi connectivity index (χ0) is 13.8. The van der Waals surface area contributed by atoms with Crippen LogP contribution in [0.15, 0.2) is 35.2 Å². The van der Waals surface area contributed by atoms with Crippen molar-refractivity contribution in [3.05, 3.63) is 35.2 Å². The van der Waals surface area contributed by atoms with Gasteiger partial charge in [-0.15, -0.1) is 0 Å². The zero-order valence-corrected chi connectivity index (χ0v) is 13.9. The Hall–Kier alpha value is -0.365. The molecule has 19 heavy (non-hydrogen) atoms. The van der Waals surface area contributed by atoms with Crippen LogP contribution in [-0.2, 0) is 9.05 Å². The van der Waals surface area contributed by atoms with Crippen LogP contribution in [0.5, 0.6) is 0 Å². The van der Waals surface area contributed by atoms with Crippen molar-refractivity contribution in [2.45, 2.75) is 47.5 Å². The van der Waals surface area contributed by atoms with Gasteiger partial charge in [-0.25, -0.2) is 0 Å². The molecule has 0 amide bonds. The lowest BCUT2D eigenvalue weighted by Crippen LogP contribution is -1.87. The predicted molar refractivity (Wildman–Crippen MR) is 87.5 cm³/mol. The maximum absolute atomic E-state index is 5.49. The van der Waals surface area contributed by atoms with Gasteiger partial charge in [0.15, 0.2) is 8.38 Å². The predicted octanol–water partition coefficient (Wildman–Crippen LogP) is 5.20. The van der Waals surface area contributed by atoms with Gasteiger partial charge in [0.1, 0.15) is 0 Å². The average molecular weight is 281 g/mol. The van der Waals surface area contributed by atoms with Gasteiger partial charge < -0.3 is 9.05 Å². The van der Waals surface area contributed by atoms with E-state index < -0.39 is 8.38 Å². The Balaban J connectivity index is 0. The van der Waals surface area contributed by atoms with Crippen molar-refractivity contribution in [2.24, 2.45) is 0 Å². The molecular formula is C15H27BO2P. The molecule has 0 unspecified atom stereocenters. The zero-order valence-electron chi connectivity index (χ0n) is 13.0. The standard InChI is InChI=1S/C15H27O2P.B/c1-6-16-18(17-7-2)13-9-12-15(5)11-8-10-14(3)4;/h9-10,12-13H,6-8,11H2,1-5H3;/b13-9+,15-12+;. The first-order valence-electron chi connectivity index (χ1n) is 6.62. The molecular weight excluding hydrogens is 254 g/mol. The Bertz CT molecular complexity index is 289. The molecule has 0 aromatic heterocycles. The van der Waals surface area contributed by atoms with E-state index in [0.29, 0.717) is 13.2 Å². The largest absolute Gasteiger partial charge is 0.331 e. The van der Waals surface area contributed by atoms with Crippen molar-refractivity contribution in [3.63, 3.8) is 0 Å². The fourth-order valence-electron chi connectivity index (χ4n) is 1.33. The highest BCUT2D eigenvalue weighted by Gasteiger charge is 2.01. The van der Waals surface area contributed by atoms with Gasteiger partial charge >= 0.3 is 0 Å². The van der Waals surface area contributed by atoms with Gasteiger partial charge in [0.25, 0.3) is 0 Å². The highest BCUT2D eigenvalue weighted by Crippen LogP contribution is 2.39. The molecule has 0 aliphatic rings. The summed E-state index contributed by atoms with van der Waals surface area (Å²) in [6, 6.07) is 0. The van der Waals surface area contributed by atoms with Crippen LogP contribution in [0.4, 0.5) is 0 Å². The van der Waals surface area contributed by atoms with Crippen LogP contribution in [0.25, 0.3) is 0 Å². The molecule has 0 saturated heterocycles. The molecule has 0 aliphatic carbocycles. The molecule has 0 spiro atoms. The van der Waals surface area contributed by atoms with Crippen molar-refractivity contribution >= 4 is 16.8 Å². The quantitative estimate of drug-likeness (QED) is 0.250. The maximum Gasteiger partial charge on any atom is 0.197 e. The molecule has 4 heteroatoms. The molecule has 0 aromatic carbocycles. The third-order valence-electron chi connectivity index (χ3n) is 2.19. The van der Waals surface area contributed by atoms with Crippen LogP contribution in [0.3, 0.4) is 0 Å². The minimum atomic E-state index is -0.852. The third kappa shape index (κ3) is 13.9. The monoisotopic (exact) mass is 281 g/mol. The Labute approximate surface area is 122 Å². The van der Waals surface area contributed by atoms with Crippen molar-refractivity contribution in [2.75, 3.05) is 13.2 Å². The Morgan fingerprint density at radius 3 is 2.11 bits per heavy atom. The molecule has 0 fully saturated rings. The Kier molecular flexibility index (Phi) is 15.5. The van der Waals surface area contributed by atoms with Crippen molar-refractivity contribution in [1.29, 1.82) is 0 Å². The van der Waals surface area contributed by atoms with Crippen LogP contribution in [-0.4, -0.2) is 21.6 Å². The summed E-state index contributed by atoms with van der Waals surface area (Å²) in [5.74, 6) is 2.02. The number of rotatable bonds is 9. The van der Waals surface area contributed by atoms with Gasteiger partial charge in [0.2, 0.25) is 0 Å². The second-order valence-corrected chi connectivity index (χ2v) is 5.68. The molecule has 3 radical (unpaired) electrons. The van der Waals surface area contributed by atoms with E-state index in [9.17, 15) is 0 Å². The van der Waals surface area contributed by atoms with Gasteiger partial charge in [0, 0.05) is 8.41 Å². The summed E-state index contributed by atoms with van der Waals surface area (Å²) in [7, 11) is -0.852. The van der Waals surface area contributed by atoms with E-state index in [1.165, 1.54) is 11.1 Å². The van der Waals surface area contributed by atoms with Crippen LogP contribution in [0.2, 0.25) is 0 Å². The summed E-state index contributed by atoms with van der Waals surface area (Å²) < 4.78 is 11.0. The lowest BCUT2D eigenvalue weighted by atomic mass is 10.1. The number of allylic oxidation sites excluding steroid dienone is 5. The number of hydrogen-bond donors (Lipinski definition) is 0. The van der Waals surface area contributed by atoms with Crippen molar-refractivity contribution in [3.8, 4) is 0 Å². The summed E-state index contributed by atoms with van der Waals surface area (Å²) >= 11 is 0. The normalized spacial score (nSPS) is 11.8. The molecule has 0 N–H and O–H groups in total. The first-order valence-corrected chi connectivity index (χ1v) is 7.87. The summed E-state index contributed by atoms with van der Waals surface area (Å²) in [6.45, 7) is 11.8. The SMILES string of the molecule is CCOP(/C=C/C=C(\C)CCC=C(C)C)OCC.[B]. The maximum atomic E-state index is 5.49. The lowest BCUT2D eigenvalue weighted by molar-refractivity contribution is 0.276. The molecule has 0 heterocycles. The minimum absolute atomic E-state index is 0. The summed E-state index contributed by atoms with van der Waals surface area (Å²) in [5, 5.41) is 0. The van der Waals surface area contributed by atoms with E-state index in [-0.39, 0.29) is 8.41 Å². The Morgan fingerprint density at radius 2 is 1.63 bits per heavy atom. The van der Waals surface area contributed by atoms with E-state index >= 15 is 0 Å². The molecule has 0 aliphatic heterocycles. The second-order valence-electron chi connectivity index (χ2n) is 4.30. The van der Waals surface area contributed by atoms with E-state index in [4.69, 9.17) is 9.05 Å². The van der Waals surface area contributed by atoms with Crippen molar-refractivity contribution in [1.82, 2.24) is 0 Å². The third-order valence-corrected chi connectivity index (χ3v) is 3.63. The van der Waals surface area contributed by atoms with Crippen LogP contribution in [0, 0.1) is 0 Å². The molecule has 0 saturated carbocycles. The summed E-state index contributed by atoms with van der Waals surface area (Å²) in [4.78, 5) is 0. The van der Waals surface area contributed by atoms with E-state index in [2.05, 4.69) is 39.0 Å². The van der Waals surface area contributed by atoms with E-state index in [1.807, 2.05) is 19.7 Å².